The summed E-state index contributed by atoms with van der Waals surface area (Å²) in [6.45, 7) is 4.06. The van der Waals surface area contributed by atoms with Crippen LogP contribution in [0.2, 0.25) is 0 Å². The zero-order valence-corrected chi connectivity index (χ0v) is 24.1. The van der Waals surface area contributed by atoms with Gasteiger partial charge in [-0.15, -0.1) is 0 Å². The molecule has 7 atom stereocenters. The number of carbonyl (C=O) groups excluding carboxylic acids is 4. The molecule has 5 rings (SSSR count). The molecule has 232 valence electrons. The molecule has 2 aliphatic heterocycles. The van der Waals surface area contributed by atoms with Crippen LogP contribution in [0.25, 0.3) is 0 Å². The number of hydrogen-bond donors (Lipinski definition) is 4. The number of aliphatic carboxylic acids is 1. The van der Waals surface area contributed by atoms with Crippen molar-refractivity contribution in [1.29, 1.82) is 0 Å². The zero-order chi connectivity index (χ0) is 31.4. The van der Waals surface area contributed by atoms with E-state index in [9.17, 15) is 34.2 Å². The molecule has 1 aromatic carbocycles. The van der Waals surface area contributed by atoms with Gasteiger partial charge < -0.3 is 44.5 Å². The van der Waals surface area contributed by atoms with Crippen LogP contribution in [-0.2, 0) is 50.0 Å². The Morgan fingerprint density at radius 3 is 2.58 bits per heavy atom. The van der Waals surface area contributed by atoms with E-state index in [4.69, 9.17) is 24.1 Å². The number of esters is 3. The van der Waals surface area contributed by atoms with Crippen LogP contribution in [0.4, 0.5) is 0 Å². The second kappa shape index (κ2) is 10.8. The highest BCUT2D eigenvalue weighted by Crippen LogP contribution is 2.65. The van der Waals surface area contributed by atoms with Gasteiger partial charge in [-0.3, -0.25) is 19.2 Å². The highest BCUT2D eigenvalue weighted by molar-refractivity contribution is 5.89. The van der Waals surface area contributed by atoms with E-state index in [0.717, 1.165) is 12.5 Å². The summed E-state index contributed by atoms with van der Waals surface area (Å²) < 4.78 is 22.0. The molecule has 1 spiro atoms. The quantitative estimate of drug-likeness (QED) is 0.219. The molecule has 0 aromatic heterocycles. The van der Waals surface area contributed by atoms with Gasteiger partial charge >= 0.3 is 23.9 Å². The molecule has 2 aliphatic carbocycles. The Morgan fingerprint density at radius 2 is 1.91 bits per heavy atom. The Balaban J connectivity index is 1.34. The molecule has 4 N–H and O–H groups in total. The van der Waals surface area contributed by atoms with Crippen LogP contribution >= 0.6 is 0 Å². The van der Waals surface area contributed by atoms with Crippen LogP contribution in [0.5, 0.6) is 11.5 Å². The third kappa shape index (κ3) is 4.87. The molecule has 1 fully saturated rings. The van der Waals surface area contributed by atoms with Crippen molar-refractivity contribution in [3.8, 4) is 11.5 Å². The Labute approximate surface area is 246 Å². The SMILES string of the molecule is CC(=O)OC(CC(=O)OC1=CC[C@@]2(O)[C@H]3Cc4ccc(O)c5c4[C@@]2(CCN3C)[C@H]1O5)C(=O)OC(C)C(=O)NC(C)C(=O)O. The number of amides is 1. The molecule has 14 nitrogen and oxygen atoms in total. The standard InChI is InChI=1S/C29H34N2O12/c1-13(26(36)37)30-25(35)14(2)40-27(38)19(41-15(3)32)12-21(34)42-18-7-8-29(39)20-11-16-5-6-17(33)23-22(16)28(29,24(18)43-23)9-10-31(20)4/h5-7,13-14,19-20,24,33,39H,8-12H2,1-4H3,(H,30,35)(H,36,37)/t13?,14?,19?,20-,24+,28+,29-/m1/s1. The summed E-state index contributed by atoms with van der Waals surface area (Å²) in [7, 11) is 1.94. The summed E-state index contributed by atoms with van der Waals surface area (Å²) >= 11 is 0. The first-order valence-electron chi connectivity index (χ1n) is 14.0. The van der Waals surface area contributed by atoms with Gasteiger partial charge in [0.2, 0.25) is 6.10 Å². The topological polar surface area (TPSA) is 198 Å². The molecule has 0 radical (unpaired) electrons. The van der Waals surface area contributed by atoms with Gasteiger partial charge in [0.25, 0.3) is 5.91 Å². The first-order chi connectivity index (χ1) is 20.2. The van der Waals surface area contributed by atoms with E-state index < -0.39 is 71.6 Å². The number of ether oxygens (including phenoxy) is 4. The summed E-state index contributed by atoms with van der Waals surface area (Å²) in [6.07, 6.45) is -2.24. The fourth-order valence-electron chi connectivity index (χ4n) is 6.83. The van der Waals surface area contributed by atoms with E-state index in [0.29, 0.717) is 24.9 Å². The summed E-state index contributed by atoms with van der Waals surface area (Å²) in [5, 5.41) is 34.0. The summed E-state index contributed by atoms with van der Waals surface area (Å²) in [5.74, 6) is -5.07. The number of nitrogens with zero attached hydrogens (tertiary/aromatic N) is 1. The minimum absolute atomic E-state index is 0.0896. The molecule has 2 bridgehead atoms. The van der Waals surface area contributed by atoms with Crippen LogP contribution in [0.3, 0.4) is 0 Å². The summed E-state index contributed by atoms with van der Waals surface area (Å²) in [4.78, 5) is 63.0. The number of carbonyl (C=O) groups is 5. The lowest BCUT2D eigenvalue weighted by atomic mass is 9.50. The summed E-state index contributed by atoms with van der Waals surface area (Å²) in [6, 6.07) is 1.86. The average Bonchev–Trinajstić information content (AvgIpc) is 3.29. The Kier molecular flexibility index (Phi) is 7.63. The predicted molar refractivity (Wildman–Crippen MR) is 144 cm³/mol. The van der Waals surface area contributed by atoms with Gasteiger partial charge in [0.15, 0.2) is 23.7 Å². The maximum Gasteiger partial charge on any atom is 0.348 e. The van der Waals surface area contributed by atoms with Crippen molar-refractivity contribution >= 4 is 29.8 Å². The molecule has 4 aliphatic rings. The number of piperidine rings is 1. The van der Waals surface area contributed by atoms with Crippen molar-refractivity contribution in [3.05, 3.63) is 35.1 Å². The first-order valence-corrected chi connectivity index (χ1v) is 14.0. The second-order valence-corrected chi connectivity index (χ2v) is 11.5. The third-order valence-electron chi connectivity index (χ3n) is 8.90. The molecule has 3 unspecified atom stereocenters. The van der Waals surface area contributed by atoms with Gasteiger partial charge in [-0.2, -0.15) is 0 Å². The molecule has 1 amide bonds. The van der Waals surface area contributed by atoms with E-state index in [1.54, 1.807) is 6.08 Å². The molecule has 43 heavy (non-hydrogen) atoms. The van der Waals surface area contributed by atoms with Crippen LogP contribution in [0, 0.1) is 0 Å². The van der Waals surface area contributed by atoms with Gasteiger partial charge in [0.05, 0.1) is 17.4 Å². The Morgan fingerprint density at radius 1 is 1.19 bits per heavy atom. The number of carboxylic acids is 1. The van der Waals surface area contributed by atoms with Crippen LogP contribution in [0.15, 0.2) is 24.0 Å². The van der Waals surface area contributed by atoms with E-state index in [2.05, 4.69) is 10.2 Å². The van der Waals surface area contributed by atoms with Crippen molar-refractivity contribution in [2.75, 3.05) is 13.6 Å². The van der Waals surface area contributed by atoms with Crippen LogP contribution in [0.1, 0.15) is 51.2 Å². The first kappa shape index (κ1) is 30.3. The number of nitrogens with one attached hydrogen (secondary N) is 1. The predicted octanol–water partition coefficient (Wildman–Crippen LogP) is 0.0559. The second-order valence-electron chi connectivity index (χ2n) is 11.5. The molecule has 1 aromatic rings. The van der Waals surface area contributed by atoms with Crippen molar-refractivity contribution in [2.24, 2.45) is 0 Å². The van der Waals surface area contributed by atoms with Gasteiger partial charge in [0, 0.05) is 24.9 Å². The van der Waals surface area contributed by atoms with Crippen molar-refractivity contribution in [3.63, 3.8) is 0 Å². The number of phenols is 1. The molecule has 0 saturated carbocycles. The number of benzene rings is 1. The van der Waals surface area contributed by atoms with Crippen molar-refractivity contribution in [2.45, 2.75) is 87.9 Å². The monoisotopic (exact) mass is 602 g/mol. The number of rotatable bonds is 9. The molecule has 1 saturated heterocycles. The van der Waals surface area contributed by atoms with E-state index in [1.165, 1.54) is 19.9 Å². The Bertz CT molecular complexity index is 1420. The minimum Gasteiger partial charge on any atom is -0.504 e. The van der Waals surface area contributed by atoms with Crippen LogP contribution in [-0.4, -0.2) is 99.6 Å². The van der Waals surface area contributed by atoms with E-state index in [-0.39, 0.29) is 29.7 Å². The maximum atomic E-state index is 13.2. The van der Waals surface area contributed by atoms with Gasteiger partial charge in [-0.25, -0.2) is 4.79 Å². The number of hydrogen-bond acceptors (Lipinski definition) is 12. The highest BCUT2D eigenvalue weighted by atomic mass is 16.6. The van der Waals surface area contributed by atoms with Gasteiger partial charge in [-0.1, -0.05) is 6.07 Å². The fraction of sp³-hybridized carbons (Fsp3) is 0.552. The van der Waals surface area contributed by atoms with E-state index in [1.807, 2.05) is 13.1 Å². The number of likely N-dealkylation sites (N-methyl/N-ethyl adjacent to an activating group) is 1. The lowest BCUT2D eigenvalue weighted by Gasteiger charge is -2.61. The zero-order valence-electron chi connectivity index (χ0n) is 24.1. The molecular weight excluding hydrogens is 568 g/mol. The third-order valence-corrected chi connectivity index (χ3v) is 8.90. The van der Waals surface area contributed by atoms with Gasteiger partial charge in [0.1, 0.15) is 11.8 Å². The minimum atomic E-state index is -1.77. The summed E-state index contributed by atoms with van der Waals surface area (Å²) in [5.41, 5.74) is -0.638. The molecule has 2 heterocycles. The Hall–Kier alpha value is -4.17. The lowest BCUT2D eigenvalue weighted by Crippen LogP contribution is -2.74. The van der Waals surface area contributed by atoms with Crippen LogP contribution < -0.4 is 10.1 Å². The number of carboxylic acid groups (broad SMARTS) is 1. The lowest BCUT2D eigenvalue weighted by molar-refractivity contribution is -0.177. The number of phenolic OH excluding ortho intramolecular Hbond substituents is 1. The average molecular weight is 603 g/mol. The largest absolute Gasteiger partial charge is 0.504 e. The smallest absolute Gasteiger partial charge is 0.348 e. The highest BCUT2D eigenvalue weighted by Gasteiger charge is 2.72. The van der Waals surface area contributed by atoms with E-state index >= 15 is 0 Å². The molecule has 14 heteroatoms. The molecular formula is C29H34N2O12. The maximum absolute atomic E-state index is 13.2. The fourth-order valence-corrected chi connectivity index (χ4v) is 6.83. The number of aliphatic hydroxyl groups is 1. The van der Waals surface area contributed by atoms with Crippen molar-refractivity contribution < 1.29 is 58.2 Å². The number of aromatic hydroxyl groups is 1. The number of likely N-dealkylation sites (tertiary alicyclic amines) is 1. The van der Waals surface area contributed by atoms with Crippen molar-refractivity contribution in [1.82, 2.24) is 10.2 Å². The van der Waals surface area contributed by atoms with Gasteiger partial charge in [-0.05, 0) is 58.0 Å². The normalized spacial score (nSPS) is 28.6.